The van der Waals surface area contributed by atoms with Crippen molar-refractivity contribution in [1.82, 2.24) is 9.97 Å². The summed E-state index contributed by atoms with van der Waals surface area (Å²) in [6.45, 7) is 4.89. The Morgan fingerprint density at radius 3 is 2.50 bits per heavy atom. The first-order valence-electron chi connectivity index (χ1n) is 10.2. The van der Waals surface area contributed by atoms with Gasteiger partial charge in [0.15, 0.2) is 5.13 Å². The highest BCUT2D eigenvalue weighted by molar-refractivity contribution is 7.14. The van der Waals surface area contributed by atoms with E-state index in [1.165, 1.54) is 0 Å². The van der Waals surface area contributed by atoms with E-state index in [4.69, 9.17) is 14.6 Å². The van der Waals surface area contributed by atoms with E-state index >= 15 is 0 Å². The minimum absolute atomic E-state index is 0.200. The molecule has 9 heteroatoms. The van der Waals surface area contributed by atoms with Crippen LogP contribution < -0.4 is 14.8 Å². The molecule has 0 saturated carbocycles. The van der Waals surface area contributed by atoms with Crippen LogP contribution in [-0.2, 0) is 17.6 Å². The van der Waals surface area contributed by atoms with Crippen LogP contribution in [0.1, 0.15) is 35.5 Å². The maximum atomic E-state index is 12.8. The van der Waals surface area contributed by atoms with Gasteiger partial charge in [-0.15, -0.1) is 11.3 Å². The summed E-state index contributed by atoms with van der Waals surface area (Å²) in [5.74, 6) is -0.512. The molecule has 2 N–H and O–H groups in total. The Morgan fingerprint density at radius 2 is 1.81 bits per heavy atom. The van der Waals surface area contributed by atoms with Gasteiger partial charge in [-0.05, 0) is 11.5 Å². The molecule has 0 unspecified atom stereocenters. The normalized spacial score (nSPS) is 10.7. The molecular formula is C23H25N3O5S. The Bertz CT molecular complexity index is 1050. The summed E-state index contributed by atoms with van der Waals surface area (Å²) in [5.41, 5.74) is 1.83. The Kier molecular flexibility index (Phi) is 8.15. The van der Waals surface area contributed by atoms with Gasteiger partial charge < -0.3 is 14.6 Å². The van der Waals surface area contributed by atoms with Crippen molar-refractivity contribution in [2.75, 3.05) is 18.5 Å². The first kappa shape index (κ1) is 23.2. The van der Waals surface area contributed by atoms with Crippen molar-refractivity contribution in [3.63, 3.8) is 0 Å². The minimum atomic E-state index is -0.980. The molecule has 2 heterocycles. The Balaban J connectivity index is 1.71. The lowest BCUT2D eigenvalue weighted by molar-refractivity contribution is -0.136. The molecule has 3 rings (SSSR count). The predicted molar refractivity (Wildman–Crippen MR) is 122 cm³/mol. The fraction of sp³-hybridized carbons (Fsp3) is 0.304. The van der Waals surface area contributed by atoms with Crippen LogP contribution in [0.5, 0.6) is 11.8 Å². The molecule has 0 aliphatic heterocycles. The van der Waals surface area contributed by atoms with Crippen LogP contribution in [0.4, 0.5) is 5.13 Å². The molecule has 0 spiro atoms. The van der Waals surface area contributed by atoms with Crippen molar-refractivity contribution < 1.29 is 24.2 Å². The zero-order chi connectivity index (χ0) is 22.9. The smallest absolute Gasteiger partial charge is 0.309 e. The van der Waals surface area contributed by atoms with Crippen LogP contribution >= 0.6 is 11.3 Å². The number of ether oxygens (including phenoxy) is 2. The quantitative estimate of drug-likeness (QED) is 0.448. The number of nitrogens with one attached hydrogen (secondary N) is 1. The van der Waals surface area contributed by atoms with Gasteiger partial charge in [0.25, 0.3) is 5.91 Å². The fourth-order valence-electron chi connectivity index (χ4n) is 2.70. The SMILES string of the molecule is CC(C)COc1cc(C(=O)Nc2nc(CC(=O)O)cs2)cc(OCCc2ccccc2)n1. The summed E-state index contributed by atoms with van der Waals surface area (Å²) in [6.07, 6.45) is 0.501. The monoisotopic (exact) mass is 455 g/mol. The number of rotatable bonds is 11. The van der Waals surface area contributed by atoms with Crippen molar-refractivity contribution in [3.05, 3.63) is 64.7 Å². The molecular weight excluding hydrogens is 430 g/mol. The van der Waals surface area contributed by atoms with Crippen LogP contribution in [0.2, 0.25) is 0 Å². The number of aliphatic carboxylic acids is 1. The third-order valence-corrected chi connectivity index (χ3v) is 5.00. The summed E-state index contributed by atoms with van der Waals surface area (Å²) < 4.78 is 11.5. The molecule has 8 nitrogen and oxygen atoms in total. The second kappa shape index (κ2) is 11.2. The topological polar surface area (TPSA) is 111 Å². The van der Waals surface area contributed by atoms with Crippen LogP contribution in [0.25, 0.3) is 0 Å². The molecule has 0 atom stereocenters. The average molecular weight is 456 g/mol. The number of nitrogens with zero attached hydrogens (tertiary/aromatic N) is 2. The second-order valence-electron chi connectivity index (χ2n) is 7.49. The fourth-order valence-corrected chi connectivity index (χ4v) is 3.41. The number of carboxylic acids is 1. The molecule has 0 fully saturated rings. The molecule has 3 aromatic rings. The van der Waals surface area contributed by atoms with Gasteiger partial charge in [0, 0.05) is 23.9 Å². The zero-order valence-electron chi connectivity index (χ0n) is 17.9. The summed E-state index contributed by atoms with van der Waals surface area (Å²) in [6, 6.07) is 13.0. The number of anilines is 1. The van der Waals surface area contributed by atoms with E-state index < -0.39 is 11.9 Å². The predicted octanol–water partition coefficient (Wildman–Crippen LogP) is 4.07. The standard InChI is InChI=1S/C23H25N3O5S/c1-15(2)13-31-20-11-17(22(29)26-23-24-18(14-32-23)12-21(27)28)10-19(25-20)30-9-8-16-6-4-3-5-7-16/h3-7,10-11,14-15H,8-9,12-13H2,1-2H3,(H,27,28)(H,24,26,29). The maximum Gasteiger partial charge on any atom is 0.309 e. The second-order valence-corrected chi connectivity index (χ2v) is 8.35. The summed E-state index contributed by atoms with van der Waals surface area (Å²) in [4.78, 5) is 32.1. The van der Waals surface area contributed by atoms with Crippen LogP contribution in [0.15, 0.2) is 47.8 Å². The van der Waals surface area contributed by atoms with Crippen LogP contribution in [0, 0.1) is 5.92 Å². The first-order valence-corrected chi connectivity index (χ1v) is 11.1. The van der Waals surface area contributed by atoms with Crippen molar-refractivity contribution in [1.29, 1.82) is 0 Å². The molecule has 1 amide bonds. The lowest BCUT2D eigenvalue weighted by Crippen LogP contribution is -2.14. The highest BCUT2D eigenvalue weighted by Crippen LogP contribution is 2.22. The molecule has 1 aromatic carbocycles. The number of amides is 1. The Hall–Kier alpha value is -3.46. The van der Waals surface area contributed by atoms with Crippen LogP contribution in [-0.4, -0.2) is 40.2 Å². The molecule has 0 aliphatic carbocycles. The van der Waals surface area contributed by atoms with Crippen molar-refractivity contribution in [2.24, 2.45) is 5.92 Å². The van der Waals surface area contributed by atoms with E-state index in [9.17, 15) is 9.59 Å². The van der Waals surface area contributed by atoms with Gasteiger partial charge in [-0.2, -0.15) is 4.98 Å². The van der Waals surface area contributed by atoms with Gasteiger partial charge in [-0.25, -0.2) is 4.98 Å². The lowest BCUT2D eigenvalue weighted by Gasteiger charge is -2.12. The number of hydrogen-bond acceptors (Lipinski definition) is 7. The van der Waals surface area contributed by atoms with Crippen molar-refractivity contribution >= 4 is 28.3 Å². The number of carbonyl (C=O) groups excluding carboxylic acids is 1. The summed E-state index contributed by atoms with van der Waals surface area (Å²) in [7, 11) is 0. The third kappa shape index (κ3) is 7.35. The van der Waals surface area contributed by atoms with Gasteiger partial charge in [0.1, 0.15) is 0 Å². The minimum Gasteiger partial charge on any atom is -0.481 e. The highest BCUT2D eigenvalue weighted by Gasteiger charge is 2.15. The number of carbonyl (C=O) groups is 2. The van der Waals surface area contributed by atoms with E-state index in [-0.39, 0.29) is 12.3 Å². The maximum absolute atomic E-state index is 12.8. The summed E-state index contributed by atoms with van der Waals surface area (Å²) in [5, 5.41) is 13.5. The van der Waals surface area contributed by atoms with Crippen molar-refractivity contribution in [2.45, 2.75) is 26.7 Å². The number of carboxylic acid groups (broad SMARTS) is 1. The first-order chi connectivity index (χ1) is 15.4. The largest absolute Gasteiger partial charge is 0.481 e. The Labute approximate surface area is 190 Å². The molecule has 0 radical (unpaired) electrons. The molecule has 0 bridgehead atoms. The van der Waals surface area contributed by atoms with Gasteiger partial charge in [-0.1, -0.05) is 44.2 Å². The van der Waals surface area contributed by atoms with Crippen LogP contribution in [0.3, 0.4) is 0 Å². The van der Waals surface area contributed by atoms with E-state index in [0.717, 1.165) is 16.9 Å². The Morgan fingerprint density at radius 1 is 1.09 bits per heavy atom. The van der Waals surface area contributed by atoms with E-state index in [2.05, 4.69) is 15.3 Å². The van der Waals surface area contributed by atoms with Gasteiger partial charge >= 0.3 is 5.97 Å². The summed E-state index contributed by atoms with van der Waals surface area (Å²) >= 11 is 1.16. The van der Waals surface area contributed by atoms with E-state index in [1.807, 2.05) is 44.2 Å². The molecule has 32 heavy (non-hydrogen) atoms. The number of hydrogen-bond donors (Lipinski definition) is 2. The van der Waals surface area contributed by atoms with E-state index in [0.29, 0.717) is 47.8 Å². The average Bonchev–Trinajstić information content (AvgIpc) is 3.19. The zero-order valence-corrected chi connectivity index (χ0v) is 18.7. The number of pyridine rings is 1. The number of aromatic nitrogens is 2. The molecule has 2 aromatic heterocycles. The molecule has 168 valence electrons. The third-order valence-electron chi connectivity index (χ3n) is 4.19. The lowest BCUT2D eigenvalue weighted by atomic mass is 10.2. The van der Waals surface area contributed by atoms with Crippen molar-refractivity contribution in [3.8, 4) is 11.8 Å². The molecule has 0 aliphatic rings. The molecule has 0 saturated heterocycles. The number of benzene rings is 1. The highest BCUT2D eigenvalue weighted by atomic mass is 32.1. The number of thiazole rings is 1. The van der Waals surface area contributed by atoms with Gasteiger partial charge in [0.05, 0.1) is 30.9 Å². The van der Waals surface area contributed by atoms with E-state index in [1.54, 1.807) is 17.5 Å². The van der Waals surface area contributed by atoms with Gasteiger partial charge in [0.2, 0.25) is 11.8 Å². The van der Waals surface area contributed by atoms with Gasteiger partial charge in [-0.3, -0.25) is 14.9 Å².